The molecule has 90 valence electrons. The largest absolute Gasteiger partial charge is 0.476 e. The van der Waals surface area contributed by atoms with E-state index in [0.717, 1.165) is 11.3 Å². The first kappa shape index (κ1) is 11.7. The highest BCUT2D eigenvalue weighted by Crippen LogP contribution is 2.13. The van der Waals surface area contributed by atoms with Crippen molar-refractivity contribution in [1.29, 1.82) is 0 Å². The molecular weight excluding hydrogens is 240 g/mol. The third kappa shape index (κ3) is 2.50. The Balaban J connectivity index is 2.30. The Kier molecular flexibility index (Phi) is 3.48. The van der Waals surface area contributed by atoms with E-state index >= 15 is 0 Å². The second-order valence-electron chi connectivity index (χ2n) is 3.57. The Bertz CT molecular complexity index is 506. The van der Waals surface area contributed by atoms with Gasteiger partial charge in [-0.1, -0.05) is 18.6 Å². The van der Waals surface area contributed by atoms with Crippen molar-refractivity contribution in [1.82, 2.24) is 20.0 Å². The Morgan fingerprint density at radius 3 is 3.00 bits per heavy atom. The fourth-order valence-electron chi connectivity index (χ4n) is 1.58. The number of aromatic carboxylic acids is 1. The van der Waals surface area contributed by atoms with E-state index in [1.165, 1.54) is 11.3 Å². The van der Waals surface area contributed by atoms with E-state index in [-0.39, 0.29) is 5.69 Å². The lowest BCUT2D eigenvalue weighted by molar-refractivity contribution is 0.0689. The van der Waals surface area contributed by atoms with Crippen molar-refractivity contribution < 1.29 is 9.90 Å². The van der Waals surface area contributed by atoms with Crippen LogP contribution in [0.3, 0.4) is 0 Å². The van der Waals surface area contributed by atoms with Gasteiger partial charge in [0.2, 0.25) is 0 Å². The van der Waals surface area contributed by atoms with Crippen LogP contribution in [0.2, 0.25) is 0 Å². The predicted molar refractivity (Wildman–Crippen MR) is 62.2 cm³/mol. The Morgan fingerprint density at radius 2 is 2.41 bits per heavy atom. The Labute approximate surface area is 102 Å². The molecule has 2 aromatic rings. The minimum absolute atomic E-state index is 0.0522. The fraction of sp³-hybridized carbons (Fsp3) is 0.400. The number of hydrogen-bond acceptors (Lipinski definition) is 5. The topological polar surface area (TPSA) is 80.9 Å². The molecule has 0 unspecified atom stereocenters. The number of thiazole rings is 1. The maximum atomic E-state index is 11.0. The van der Waals surface area contributed by atoms with Crippen molar-refractivity contribution in [3.8, 4) is 0 Å². The summed E-state index contributed by atoms with van der Waals surface area (Å²) in [4.78, 5) is 16.0. The van der Waals surface area contributed by atoms with E-state index in [1.54, 1.807) is 16.4 Å². The lowest BCUT2D eigenvalue weighted by atomic mass is 10.2. The van der Waals surface area contributed by atoms with Gasteiger partial charge in [-0.3, -0.25) is 4.98 Å². The van der Waals surface area contributed by atoms with E-state index in [4.69, 9.17) is 5.11 Å². The van der Waals surface area contributed by atoms with E-state index in [0.29, 0.717) is 18.7 Å². The van der Waals surface area contributed by atoms with Gasteiger partial charge < -0.3 is 5.11 Å². The van der Waals surface area contributed by atoms with Gasteiger partial charge in [0.25, 0.3) is 0 Å². The molecule has 2 rings (SSSR count). The van der Waals surface area contributed by atoms with Gasteiger partial charge in [0.15, 0.2) is 5.69 Å². The molecule has 2 heterocycles. The van der Waals surface area contributed by atoms with E-state index in [2.05, 4.69) is 15.3 Å². The first-order chi connectivity index (χ1) is 8.22. The third-order valence-electron chi connectivity index (χ3n) is 2.32. The number of rotatable bonds is 5. The van der Waals surface area contributed by atoms with Crippen LogP contribution in [0.25, 0.3) is 0 Å². The van der Waals surface area contributed by atoms with Crippen LogP contribution in [0.1, 0.15) is 34.4 Å². The quantitative estimate of drug-likeness (QED) is 0.870. The van der Waals surface area contributed by atoms with Crippen molar-refractivity contribution >= 4 is 17.3 Å². The highest BCUT2D eigenvalue weighted by Gasteiger charge is 2.18. The summed E-state index contributed by atoms with van der Waals surface area (Å²) < 4.78 is 1.64. The van der Waals surface area contributed by atoms with Crippen molar-refractivity contribution in [2.75, 3.05) is 0 Å². The molecule has 0 aliphatic heterocycles. The summed E-state index contributed by atoms with van der Waals surface area (Å²) in [7, 11) is 0. The Morgan fingerprint density at radius 1 is 1.59 bits per heavy atom. The third-order valence-corrected chi connectivity index (χ3v) is 3.08. The number of nitrogens with zero attached hydrogens (tertiary/aromatic N) is 4. The van der Waals surface area contributed by atoms with Gasteiger partial charge >= 0.3 is 5.97 Å². The van der Waals surface area contributed by atoms with Crippen LogP contribution in [0, 0.1) is 0 Å². The van der Waals surface area contributed by atoms with Crippen LogP contribution in [0.5, 0.6) is 0 Å². The average Bonchev–Trinajstić information content (AvgIpc) is 2.90. The van der Waals surface area contributed by atoms with Crippen molar-refractivity contribution in [3.05, 3.63) is 28.0 Å². The molecule has 6 nitrogen and oxygen atoms in total. The van der Waals surface area contributed by atoms with Crippen LogP contribution in [0.15, 0.2) is 11.7 Å². The van der Waals surface area contributed by atoms with E-state index in [1.807, 2.05) is 6.92 Å². The van der Waals surface area contributed by atoms with Gasteiger partial charge in [-0.25, -0.2) is 9.48 Å². The molecule has 0 amide bonds. The van der Waals surface area contributed by atoms with Crippen molar-refractivity contribution in [3.63, 3.8) is 0 Å². The number of carboxylic acid groups (broad SMARTS) is 1. The second-order valence-corrected chi connectivity index (χ2v) is 4.54. The number of aromatic nitrogens is 4. The highest BCUT2D eigenvalue weighted by atomic mass is 32.1. The highest BCUT2D eigenvalue weighted by molar-refractivity contribution is 7.09. The minimum Gasteiger partial charge on any atom is -0.476 e. The van der Waals surface area contributed by atoms with Crippen molar-refractivity contribution in [2.45, 2.75) is 26.3 Å². The van der Waals surface area contributed by atoms with Crippen LogP contribution >= 0.6 is 11.3 Å². The molecule has 0 aliphatic carbocycles. The predicted octanol–water partition coefficient (Wildman–Crippen LogP) is 1.43. The van der Waals surface area contributed by atoms with Crippen LogP contribution in [-0.2, 0) is 13.0 Å². The van der Waals surface area contributed by atoms with Gasteiger partial charge in [0, 0.05) is 11.1 Å². The van der Waals surface area contributed by atoms with Gasteiger partial charge in [-0.15, -0.1) is 16.4 Å². The zero-order valence-corrected chi connectivity index (χ0v) is 10.1. The summed E-state index contributed by atoms with van der Waals surface area (Å²) in [5, 5.41) is 16.6. The first-order valence-corrected chi connectivity index (χ1v) is 6.13. The van der Waals surface area contributed by atoms with Crippen LogP contribution < -0.4 is 0 Å². The molecular formula is C10H12N4O2S. The number of carbonyl (C=O) groups is 1. The van der Waals surface area contributed by atoms with Gasteiger partial charge in [-0.05, 0) is 6.42 Å². The van der Waals surface area contributed by atoms with E-state index in [9.17, 15) is 4.79 Å². The summed E-state index contributed by atoms with van der Waals surface area (Å²) >= 11 is 1.52. The van der Waals surface area contributed by atoms with Gasteiger partial charge in [0.05, 0.1) is 17.7 Å². The average molecular weight is 252 g/mol. The SMILES string of the molecule is CCCc1c(C(=O)O)nnn1Cc1cncs1. The maximum absolute atomic E-state index is 11.0. The minimum atomic E-state index is -1.02. The van der Waals surface area contributed by atoms with Gasteiger partial charge in [-0.2, -0.15) is 0 Å². The van der Waals surface area contributed by atoms with Crippen molar-refractivity contribution in [2.24, 2.45) is 0 Å². The zero-order chi connectivity index (χ0) is 12.3. The molecule has 0 saturated carbocycles. The standard InChI is InChI=1S/C10H12N4O2S/c1-2-3-8-9(10(15)16)12-13-14(8)5-7-4-11-6-17-7/h4,6H,2-3,5H2,1H3,(H,15,16). The number of hydrogen-bond donors (Lipinski definition) is 1. The normalized spacial score (nSPS) is 10.6. The lowest BCUT2D eigenvalue weighted by Crippen LogP contribution is -2.08. The van der Waals surface area contributed by atoms with E-state index < -0.39 is 5.97 Å². The maximum Gasteiger partial charge on any atom is 0.358 e. The molecule has 0 radical (unpaired) electrons. The molecule has 0 spiro atoms. The van der Waals surface area contributed by atoms with Crippen LogP contribution in [-0.4, -0.2) is 31.1 Å². The lowest BCUT2D eigenvalue weighted by Gasteiger charge is -2.03. The molecule has 0 aliphatic rings. The fourth-order valence-corrected chi connectivity index (χ4v) is 2.15. The second kappa shape index (κ2) is 5.05. The molecule has 2 aromatic heterocycles. The summed E-state index contributed by atoms with van der Waals surface area (Å²) in [6.07, 6.45) is 3.27. The molecule has 7 heteroatoms. The molecule has 1 N–H and O–H groups in total. The monoisotopic (exact) mass is 252 g/mol. The molecule has 0 aromatic carbocycles. The molecule has 0 bridgehead atoms. The summed E-state index contributed by atoms with van der Waals surface area (Å²) in [6.45, 7) is 2.52. The molecule has 0 saturated heterocycles. The summed E-state index contributed by atoms with van der Waals surface area (Å²) in [5.41, 5.74) is 2.47. The Hall–Kier alpha value is -1.76. The summed E-state index contributed by atoms with van der Waals surface area (Å²) in [6, 6.07) is 0. The molecule has 0 fully saturated rings. The molecule has 17 heavy (non-hydrogen) atoms. The smallest absolute Gasteiger partial charge is 0.358 e. The molecule has 0 atom stereocenters. The number of carboxylic acids is 1. The summed E-state index contributed by atoms with van der Waals surface area (Å²) in [5.74, 6) is -1.02. The van der Waals surface area contributed by atoms with Crippen LogP contribution in [0.4, 0.5) is 0 Å². The van der Waals surface area contributed by atoms with Gasteiger partial charge in [0.1, 0.15) is 0 Å². The zero-order valence-electron chi connectivity index (χ0n) is 9.33. The first-order valence-electron chi connectivity index (χ1n) is 5.25.